The van der Waals surface area contributed by atoms with Crippen molar-refractivity contribution in [2.75, 3.05) is 0 Å². The summed E-state index contributed by atoms with van der Waals surface area (Å²) in [6, 6.07) is 4.78. The van der Waals surface area contributed by atoms with E-state index in [1.165, 1.54) is 19.1 Å². The smallest absolute Gasteiger partial charge is 0.416 e. The van der Waals surface area contributed by atoms with Crippen molar-refractivity contribution >= 4 is 11.9 Å². The molecule has 1 aromatic carbocycles. The van der Waals surface area contributed by atoms with Crippen molar-refractivity contribution in [2.24, 2.45) is 46.3 Å². The van der Waals surface area contributed by atoms with Crippen molar-refractivity contribution in [1.29, 1.82) is 0 Å². The van der Waals surface area contributed by atoms with Crippen LogP contribution in [0.1, 0.15) is 103 Å². The van der Waals surface area contributed by atoms with Crippen LogP contribution < -0.4 is 0 Å². The Morgan fingerprint density at radius 2 is 1.61 bits per heavy atom. The minimum Gasteiger partial charge on any atom is -0.477 e. The average molecular weight is 629 g/mol. The first-order valence-electron chi connectivity index (χ1n) is 16.0. The van der Waals surface area contributed by atoms with Crippen LogP contribution in [0.3, 0.4) is 0 Å². The van der Waals surface area contributed by atoms with Gasteiger partial charge in [-0.25, -0.2) is 4.79 Å². The number of ether oxygens (including phenoxy) is 1. The van der Waals surface area contributed by atoms with Gasteiger partial charge in [0.1, 0.15) is 6.10 Å². The van der Waals surface area contributed by atoms with Gasteiger partial charge in [0.05, 0.1) is 11.2 Å². The Morgan fingerprint density at radius 3 is 2.20 bits per heavy atom. The number of carbonyl (C=O) groups excluding carboxylic acids is 1. The first-order valence-corrected chi connectivity index (χ1v) is 16.0. The van der Waals surface area contributed by atoms with E-state index < -0.39 is 35.7 Å². The highest BCUT2D eigenvalue weighted by Gasteiger charge is 2.65. The largest absolute Gasteiger partial charge is 0.477 e. The molecule has 246 valence electrons. The van der Waals surface area contributed by atoms with Gasteiger partial charge in [0.2, 0.25) is 0 Å². The Balaban J connectivity index is 1.39. The second kappa shape index (κ2) is 11.2. The molecule has 4 aliphatic rings. The van der Waals surface area contributed by atoms with Gasteiger partial charge in [0.25, 0.3) is 0 Å². The third-order valence-corrected chi connectivity index (χ3v) is 12.8. The molecule has 0 aliphatic heterocycles. The Kier molecular flexibility index (Phi) is 8.46. The highest BCUT2D eigenvalue weighted by atomic mass is 19.4. The molecular weight excluding hydrogens is 583 g/mol. The Hall–Kier alpha value is -2.23. The summed E-state index contributed by atoms with van der Waals surface area (Å²) in [5.74, 6) is -5.65. The second-order valence-corrected chi connectivity index (χ2v) is 14.9. The minimum atomic E-state index is -4.46. The summed E-state index contributed by atoms with van der Waals surface area (Å²) >= 11 is 0. The van der Waals surface area contributed by atoms with Crippen LogP contribution >= 0.6 is 0 Å². The summed E-state index contributed by atoms with van der Waals surface area (Å²) in [6.45, 7) is 7.85. The molecule has 4 fully saturated rings. The van der Waals surface area contributed by atoms with E-state index in [2.05, 4.69) is 13.8 Å². The van der Waals surface area contributed by atoms with Gasteiger partial charge in [-0.2, -0.15) is 22.0 Å². The van der Waals surface area contributed by atoms with Gasteiger partial charge in [0.15, 0.2) is 0 Å². The first kappa shape index (κ1) is 33.1. The number of halogens is 5. The summed E-state index contributed by atoms with van der Waals surface area (Å²) in [4.78, 5) is 23.4. The zero-order valence-electron chi connectivity index (χ0n) is 25.9. The zero-order valence-corrected chi connectivity index (χ0v) is 25.9. The number of hydrogen-bond donors (Lipinski definition) is 2. The molecule has 0 saturated heterocycles. The van der Waals surface area contributed by atoms with E-state index in [0.29, 0.717) is 31.2 Å². The van der Waals surface area contributed by atoms with Gasteiger partial charge in [-0.3, -0.25) is 4.79 Å². The number of aliphatic carboxylic acids is 1. The van der Waals surface area contributed by atoms with Crippen molar-refractivity contribution in [2.45, 2.75) is 116 Å². The molecule has 0 radical (unpaired) electrons. The van der Waals surface area contributed by atoms with Crippen LogP contribution in [0, 0.1) is 46.3 Å². The zero-order chi connectivity index (χ0) is 32.5. The van der Waals surface area contributed by atoms with Crippen LogP contribution in [0.4, 0.5) is 22.0 Å². The van der Waals surface area contributed by atoms with Crippen molar-refractivity contribution in [3.05, 3.63) is 35.4 Å². The lowest BCUT2D eigenvalue weighted by atomic mass is 9.42. The number of esters is 1. The third-order valence-electron chi connectivity index (χ3n) is 12.8. The molecule has 0 amide bonds. The first-order chi connectivity index (χ1) is 20.3. The van der Waals surface area contributed by atoms with E-state index in [0.717, 1.165) is 37.8 Å². The van der Waals surface area contributed by atoms with E-state index >= 15 is 0 Å². The molecular formula is C34H45F5O5. The predicted molar refractivity (Wildman–Crippen MR) is 152 cm³/mol. The molecule has 44 heavy (non-hydrogen) atoms. The number of aliphatic hydroxyl groups is 1. The number of benzene rings is 1. The number of carbonyl (C=O) groups is 2. The Labute approximate surface area is 255 Å². The van der Waals surface area contributed by atoms with E-state index in [4.69, 9.17) is 9.84 Å². The molecule has 5 nitrogen and oxygen atoms in total. The van der Waals surface area contributed by atoms with Gasteiger partial charge < -0.3 is 14.9 Å². The molecule has 4 saturated carbocycles. The van der Waals surface area contributed by atoms with Gasteiger partial charge in [-0.15, -0.1) is 0 Å². The maximum absolute atomic E-state index is 13.9. The number of alkyl halides is 5. The van der Waals surface area contributed by atoms with Crippen molar-refractivity contribution in [3.63, 3.8) is 0 Å². The molecule has 5 rings (SSSR count). The van der Waals surface area contributed by atoms with Gasteiger partial charge >= 0.3 is 24.0 Å². The molecule has 0 bridgehead atoms. The lowest BCUT2D eigenvalue weighted by molar-refractivity contribution is -0.204. The summed E-state index contributed by atoms with van der Waals surface area (Å²) in [7, 11) is 0. The third kappa shape index (κ3) is 5.66. The van der Waals surface area contributed by atoms with E-state index in [-0.39, 0.29) is 64.8 Å². The SMILES string of the molecule is CC(=O)O[C@@H]1C[C@@H]2C[C@](O)(c3ccc(C(F)(F)F)cc3)CC[C@]2(C)[C@H]2CC[C@]3(C)[C@@H]([C@H](C)CCC(F)(F)C(=O)O)CC[C@H]3[C@H]12. The fourth-order valence-corrected chi connectivity index (χ4v) is 10.4. The number of carboxylic acids is 1. The molecule has 0 spiro atoms. The quantitative estimate of drug-likeness (QED) is 0.235. The normalized spacial score (nSPS) is 39.5. The summed E-state index contributed by atoms with van der Waals surface area (Å²) < 4.78 is 73.4. The predicted octanol–water partition coefficient (Wildman–Crippen LogP) is 8.23. The topological polar surface area (TPSA) is 83.8 Å². The molecule has 10 atom stereocenters. The maximum atomic E-state index is 13.9. The highest BCUT2D eigenvalue weighted by Crippen LogP contribution is 2.69. The molecule has 0 aromatic heterocycles. The summed E-state index contributed by atoms with van der Waals surface area (Å²) in [6.07, 6.45) is 0.132. The van der Waals surface area contributed by atoms with E-state index in [1.54, 1.807) is 0 Å². The second-order valence-electron chi connectivity index (χ2n) is 14.9. The van der Waals surface area contributed by atoms with Crippen LogP contribution in [-0.2, 0) is 26.1 Å². The lowest BCUT2D eigenvalue weighted by Crippen LogP contribution is -2.60. The van der Waals surface area contributed by atoms with Gasteiger partial charge in [-0.05, 0) is 116 Å². The standard InChI is InChI=1S/C34H45F5O5/c1-19(11-14-33(35,36)29(41)42)24-9-10-25-28-26(12-13-31(24,25)4)30(3)15-16-32(43,18-23(30)17-27(28)44-20(2)40)21-5-7-22(8-6-21)34(37,38)39/h5-8,19,23-28,43H,9-18H2,1-4H3,(H,41,42)/t19-,23-,24-,25+,26+,27-,28+,30+,31-,32+/m1/s1. The van der Waals surface area contributed by atoms with Crippen LogP contribution in [0.2, 0.25) is 0 Å². The van der Waals surface area contributed by atoms with Crippen LogP contribution in [0.25, 0.3) is 0 Å². The van der Waals surface area contributed by atoms with E-state index in [1.807, 2.05) is 6.92 Å². The average Bonchev–Trinajstić information content (AvgIpc) is 3.29. The van der Waals surface area contributed by atoms with Crippen LogP contribution in [0.5, 0.6) is 0 Å². The highest BCUT2D eigenvalue weighted by molar-refractivity contribution is 5.75. The molecule has 0 unspecified atom stereocenters. The fourth-order valence-electron chi connectivity index (χ4n) is 10.4. The minimum absolute atomic E-state index is 0.00660. The number of fused-ring (bicyclic) bond motifs is 5. The van der Waals surface area contributed by atoms with Crippen molar-refractivity contribution in [3.8, 4) is 0 Å². The molecule has 2 N–H and O–H groups in total. The Morgan fingerprint density at radius 1 is 0.977 bits per heavy atom. The van der Waals surface area contributed by atoms with Gasteiger partial charge in [-0.1, -0.05) is 32.9 Å². The van der Waals surface area contributed by atoms with Crippen molar-refractivity contribution < 1.29 is 46.5 Å². The molecule has 10 heteroatoms. The molecule has 4 aliphatic carbocycles. The lowest BCUT2D eigenvalue weighted by Gasteiger charge is -2.63. The Bertz CT molecular complexity index is 1250. The van der Waals surface area contributed by atoms with Crippen LogP contribution in [-0.4, -0.2) is 34.2 Å². The number of rotatable bonds is 7. The molecule has 1 aromatic rings. The maximum Gasteiger partial charge on any atom is 0.416 e. The summed E-state index contributed by atoms with van der Waals surface area (Å²) in [5, 5.41) is 20.7. The fraction of sp³-hybridized carbons (Fsp3) is 0.765. The number of hydrogen-bond acceptors (Lipinski definition) is 4. The van der Waals surface area contributed by atoms with Crippen LogP contribution in [0.15, 0.2) is 24.3 Å². The monoisotopic (exact) mass is 628 g/mol. The molecule has 0 heterocycles. The van der Waals surface area contributed by atoms with Gasteiger partial charge in [0, 0.05) is 19.3 Å². The van der Waals surface area contributed by atoms with Crippen molar-refractivity contribution in [1.82, 2.24) is 0 Å². The van der Waals surface area contributed by atoms with E-state index in [9.17, 15) is 36.6 Å². The summed E-state index contributed by atoms with van der Waals surface area (Å²) in [5.41, 5.74) is -1.89. The number of carboxylic acid groups (broad SMARTS) is 1.